The molecule has 0 radical (unpaired) electrons. The zero-order chi connectivity index (χ0) is 15.3. The van der Waals surface area contributed by atoms with Gasteiger partial charge in [-0.1, -0.05) is 32.4 Å². The molecule has 20 heavy (non-hydrogen) atoms. The maximum absolute atomic E-state index is 6.12. The molecule has 1 rings (SSSR count). The van der Waals surface area contributed by atoms with Crippen LogP contribution in [0.5, 0.6) is 0 Å². The Kier molecular flexibility index (Phi) is 6.24. The molecular formula is C15H27ClN4. The van der Waals surface area contributed by atoms with Crippen LogP contribution in [-0.2, 0) is 0 Å². The van der Waals surface area contributed by atoms with Gasteiger partial charge in [-0.15, -0.1) is 0 Å². The molecule has 0 aliphatic rings. The van der Waals surface area contributed by atoms with Crippen molar-refractivity contribution in [3.63, 3.8) is 0 Å². The average Bonchev–Trinajstić information content (AvgIpc) is 2.42. The summed E-state index contributed by atoms with van der Waals surface area (Å²) in [5, 5.41) is 4.19. The minimum Gasteiger partial charge on any atom is -0.383 e. The zero-order valence-electron chi connectivity index (χ0n) is 13.2. The number of hydrogen-bond acceptors (Lipinski definition) is 4. The fourth-order valence-electron chi connectivity index (χ4n) is 3.04. The van der Waals surface area contributed by atoms with E-state index >= 15 is 0 Å². The molecule has 0 bridgehead atoms. The molecule has 1 aromatic heterocycles. The number of nitrogen functional groups attached to an aromatic ring is 1. The summed E-state index contributed by atoms with van der Waals surface area (Å²) in [6.07, 6.45) is 3.62. The summed E-state index contributed by atoms with van der Waals surface area (Å²) in [5.74, 6) is 0.550. The van der Waals surface area contributed by atoms with E-state index in [1.54, 1.807) is 6.20 Å². The van der Waals surface area contributed by atoms with Crippen LogP contribution in [0.3, 0.4) is 0 Å². The number of pyridine rings is 1. The molecule has 114 valence electrons. The van der Waals surface area contributed by atoms with E-state index in [4.69, 9.17) is 17.3 Å². The Morgan fingerprint density at radius 3 is 2.40 bits per heavy atom. The predicted octanol–water partition coefficient (Wildman–Crippen LogP) is 3.09. The largest absolute Gasteiger partial charge is 0.383 e. The summed E-state index contributed by atoms with van der Waals surface area (Å²) in [6.45, 7) is 7.39. The van der Waals surface area contributed by atoms with Crippen molar-refractivity contribution < 1.29 is 0 Å². The normalized spacial score (nSPS) is 13.8. The Morgan fingerprint density at radius 2 is 1.95 bits per heavy atom. The topological polar surface area (TPSA) is 54.2 Å². The second kappa shape index (κ2) is 7.25. The lowest BCUT2D eigenvalue weighted by Crippen LogP contribution is -2.53. The molecule has 5 heteroatoms. The Labute approximate surface area is 127 Å². The van der Waals surface area contributed by atoms with Crippen molar-refractivity contribution in [3.8, 4) is 0 Å². The molecule has 3 N–H and O–H groups in total. The highest BCUT2D eigenvalue weighted by Crippen LogP contribution is 2.38. The van der Waals surface area contributed by atoms with E-state index in [1.165, 1.54) is 0 Å². The smallest absolute Gasteiger partial charge is 0.128 e. The number of rotatable bonds is 7. The second-order valence-corrected chi connectivity index (χ2v) is 5.76. The Bertz CT molecular complexity index is 430. The van der Waals surface area contributed by atoms with Gasteiger partial charge in [0.1, 0.15) is 5.82 Å². The molecule has 0 aliphatic heterocycles. The molecule has 4 nitrogen and oxygen atoms in total. The lowest BCUT2D eigenvalue weighted by Gasteiger charge is -2.46. The van der Waals surface area contributed by atoms with Crippen LogP contribution in [0, 0.1) is 0 Å². The number of halogens is 1. The molecule has 0 aliphatic carbocycles. The summed E-state index contributed by atoms with van der Waals surface area (Å²) in [5.41, 5.74) is 7.06. The van der Waals surface area contributed by atoms with Gasteiger partial charge in [0.25, 0.3) is 0 Å². The summed E-state index contributed by atoms with van der Waals surface area (Å²) in [6, 6.07) is 2.03. The molecule has 1 heterocycles. The minimum atomic E-state index is -0.0174. The zero-order valence-corrected chi connectivity index (χ0v) is 14.0. The van der Waals surface area contributed by atoms with Crippen LogP contribution in [0.2, 0.25) is 5.02 Å². The molecule has 1 aromatic rings. The van der Waals surface area contributed by atoms with E-state index in [0.29, 0.717) is 10.8 Å². The number of hydrogen-bond donors (Lipinski definition) is 2. The van der Waals surface area contributed by atoms with E-state index in [1.807, 2.05) is 6.07 Å². The van der Waals surface area contributed by atoms with Crippen LogP contribution in [0.1, 0.15) is 45.2 Å². The summed E-state index contributed by atoms with van der Waals surface area (Å²) in [7, 11) is 4.23. The van der Waals surface area contributed by atoms with Crippen LogP contribution in [0.15, 0.2) is 12.3 Å². The Balaban J connectivity index is 3.38. The van der Waals surface area contributed by atoms with Crippen molar-refractivity contribution in [1.29, 1.82) is 0 Å². The van der Waals surface area contributed by atoms with Crippen LogP contribution >= 0.6 is 11.6 Å². The highest BCUT2D eigenvalue weighted by atomic mass is 35.5. The second-order valence-electron chi connectivity index (χ2n) is 5.32. The monoisotopic (exact) mass is 298 g/mol. The van der Waals surface area contributed by atoms with Crippen molar-refractivity contribution in [2.24, 2.45) is 0 Å². The summed E-state index contributed by atoms with van der Waals surface area (Å²) < 4.78 is 0. The molecular weight excluding hydrogens is 272 g/mol. The maximum atomic E-state index is 6.12. The van der Waals surface area contributed by atoms with Crippen molar-refractivity contribution in [3.05, 3.63) is 22.8 Å². The van der Waals surface area contributed by atoms with Gasteiger partial charge in [0.15, 0.2) is 0 Å². The first-order valence-corrected chi connectivity index (χ1v) is 7.62. The molecule has 0 spiro atoms. The van der Waals surface area contributed by atoms with Crippen LogP contribution in [0.25, 0.3) is 0 Å². The molecule has 1 unspecified atom stereocenters. The lowest BCUT2D eigenvalue weighted by atomic mass is 9.79. The van der Waals surface area contributed by atoms with Gasteiger partial charge in [-0.25, -0.2) is 4.98 Å². The van der Waals surface area contributed by atoms with Crippen LogP contribution in [-0.4, -0.2) is 36.1 Å². The highest BCUT2D eigenvalue weighted by molar-refractivity contribution is 6.30. The van der Waals surface area contributed by atoms with E-state index in [9.17, 15) is 0 Å². The van der Waals surface area contributed by atoms with E-state index < -0.39 is 0 Å². The van der Waals surface area contributed by atoms with Gasteiger partial charge < -0.3 is 16.0 Å². The number of nitrogens with zero attached hydrogens (tertiary/aromatic N) is 2. The minimum absolute atomic E-state index is 0.0174. The summed E-state index contributed by atoms with van der Waals surface area (Å²) >= 11 is 6.12. The fraction of sp³-hybridized carbons (Fsp3) is 0.667. The van der Waals surface area contributed by atoms with E-state index in [2.05, 4.69) is 50.1 Å². The highest BCUT2D eigenvalue weighted by Gasteiger charge is 2.39. The van der Waals surface area contributed by atoms with Crippen LogP contribution < -0.4 is 11.1 Å². The van der Waals surface area contributed by atoms with Crippen molar-refractivity contribution in [2.45, 2.75) is 45.2 Å². The summed E-state index contributed by atoms with van der Waals surface area (Å²) in [4.78, 5) is 6.49. The molecule has 0 amide bonds. The van der Waals surface area contributed by atoms with E-state index in [-0.39, 0.29) is 11.6 Å². The van der Waals surface area contributed by atoms with E-state index in [0.717, 1.165) is 24.9 Å². The predicted molar refractivity (Wildman–Crippen MR) is 87.1 cm³/mol. The third-order valence-corrected chi connectivity index (χ3v) is 4.49. The first-order valence-electron chi connectivity index (χ1n) is 7.24. The first kappa shape index (κ1) is 17.2. The van der Waals surface area contributed by atoms with Crippen molar-refractivity contribution in [2.75, 3.05) is 26.4 Å². The van der Waals surface area contributed by atoms with Gasteiger partial charge in [-0.05, 0) is 39.5 Å². The molecule has 1 atom stereocenters. The Hall–Kier alpha value is -0.840. The third-order valence-electron chi connectivity index (χ3n) is 4.29. The van der Waals surface area contributed by atoms with Gasteiger partial charge in [0, 0.05) is 17.3 Å². The standard InChI is InChI=1S/C15H27ClN4/c1-6-15(7-2,20(4)5)13(18-8-3)12-9-11(16)10-19-14(12)17/h9-10,13,18H,6-8H2,1-5H3,(H2,17,19). The first-order chi connectivity index (χ1) is 9.42. The Morgan fingerprint density at radius 1 is 1.35 bits per heavy atom. The number of aromatic nitrogens is 1. The fourth-order valence-corrected chi connectivity index (χ4v) is 3.21. The quantitative estimate of drug-likeness (QED) is 0.812. The van der Waals surface area contributed by atoms with Gasteiger partial charge in [-0.3, -0.25) is 0 Å². The SMILES string of the molecule is CCNC(c1cc(Cl)cnc1N)C(CC)(CC)N(C)C. The van der Waals surface area contributed by atoms with Gasteiger partial charge in [0.05, 0.1) is 11.1 Å². The van der Waals surface area contributed by atoms with Crippen LogP contribution in [0.4, 0.5) is 5.82 Å². The number of anilines is 1. The third kappa shape index (κ3) is 3.25. The van der Waals surface area contributed by atoms with Gasteiger partial charge >= 0.3 is 0 Å². The van der Waals surface area contributed by atoms with Gasteiger partial charge in [-0.2, -0.15) is 0 Å². The number of nitrogens with two attached hydrogens (primary N) is 1. The molecule has 0 saturated heterocycles. The number of likely N-dealkylation sites (N-methyl/N-ethyl adjacent to an activating group) is 2. The molecule has 0 fully saturated rings. The van der Waals surface area contributed by atoms with Gasteiger partial charge in [0.2, 0.25) is 0 Å². The molecule has 0 saturated carbocycles. The van der Waals surface area contributed by atoms with Crippen molar-refractivity contribution >= 4 is 17.4 Å². The average molecular weight is 299 g/mol. The van der Waals surface area contributed by atoms with Crippen molar-refractivity contribution in [1.82, 2.24) is 15.2 Å². The molecule has 0 aromatic carbocycles. The number of nitrogens with one attached hydrogen (secondary N) is 1. The lowest BCUT2D eigenvalue weighted by molar-refractivity contribution is 0.0891. The maximum Gasteiger partial charge on any atom is 0.128 e.